The molecule has 0 aromatic rings. The Morgan fingerprint density at radius 3 is 2.00 bits per heavy atom. The lowest BCUT2D eigenvalue weighted by atomic mass is 9.74. The Morgan fingerprint density at radius 2 is 1.62 bits per heavy atom. The average Bonchev–Trinajstić information content (AvgIpc) is 2.30. The summed E-state index contributed by atoms with van der Waals surface area (Å²) in [5, 5.41) is 3.40. The standard InChI is InChI=1S/C14H30N2/c1-6-14(7-2)8-10-16(11-9-14)12-13(3,4)15-5/h15H,6-12H2,1-5H3. The van der Waals surface area contributed by atoms with E-state index < -0.39 is 0 Å². The molecule has 1 rings (SSSR count). The summed E-state index contributed by atoms with van der Waals surface area (Å²) in [6.07, 6.45) is 5.49. The summed E-state index contributed by atoms with van der Waals surface area (Å²) < 4.78 is 0. The fourth-order valence-electron chi connectivity index (χ4n) is 2.78. The molecule has 1 aliphatic rings. The van der Waals surface area contributed by atoms with Crippen LogP contribution in [0.5, 0.6) is 0 Å². The van der Waals surface area contributed by atoms with Crippen LogP contribution < -0.4 is 5.32 Å². The maximum Gasteiger partial charge on any atom is 0.0249 e. The van der Waals surface area contributed by atoms with Gasteiger partial charge >= 0.3 is 0 Å². The van der Waals surface area contributed by atoms with Crippen LogP contribution in [-0.4, -0.2) is 37.1 Å². The van der Waals surface area contributed by atoms with Gasteiger partial charge in [0.2, 0.25) is 0 Å². The van der Waals surface area contributed by atoms with Crippen molar-refractivity contribution in [3.8, 4) is 0 Å². The molecular formula is C14H30N2. The van der Waals surface area contributed by atoms with Gasteiger partial charge in [-0.05, 0) is 52.2 Å². The highest BCUT2D eigenvalue weighted by Crippen LogP contribution is 2.38. The summed E-state index contributed by atoms with van der Waals surface area (Å²) in [5.74, 6) is 0. The molecule has 0 aliphatic carbocycles. The second kappa shape index (κ2) is 5.50. The summed E-state index contributed by atoms with van der Waals surface area (Å²) in [6, 6.07) is 0. The van der Waals surface area contributed by atoms with E-state index in [4.69, 9.17) is 0 Å². The van der Waals surface area contributed by atoms with Crippen LogP contribution in [0, 0.1) is 5.41 Å². The number of hydrogen-bond acceptors (Lipinski definition) is 2. The molecule has 1 aliphatic heterocycles. The molecule has 0 atom stereocenters. The van der Waals surface area contributed by atoms with Gasteiger partial charge in [-0.1, -0.05) is 26.7 Å². The molecule has 0 unspecified atom stereocenters. The van der Waals surface area contributed by atoms with E-state index in [1.807, 2.05) is 0 Å². The van der Waals surface area contributed by atoms with Crippen LogP contribution in [0.4, 0.5) is 0 Å². The zero-order chi connectivity index (χ0) is 12.2. The van der Waals surface area contributed by atoms with Crippen molar-refractivity contribution in [1.82, 2.24) is 10.2 Å². The fourth-order valence-corrected chi connectivity index (χ4v) is 2.78. The van der Waals surface area contributed by atoms with Gasteiger partial charge < -0.3 is 10.2 Å². The van der Waals surface area contributed by atoms with Crippen LogP contribution in [0.1, 0.15) is 53.4 Å². The average molecular weight is 226 g/mol. The highest BCUT2D eigenvalue weighted by atomic mass is 15.2. The minimum absolute atomic E-state index is 0.248. The van der Waals surface area contributed by atoms with Crippen molar-refractivity contribution < 1.29 is 0 Å². The van der Waals surface area contributed by atoms with Crippen molar-refractivity contribution in [2.24, 2.45) is 5.41 Å². The van der Waals surface area contributed by atoms with E-state index in [-0.39, 0.29) is 5.54 Å². The number of likely N-dealkylation sites (tertiary alicyclic amines) is 1. The number of nitrogens with one attached hydrogen (secondary N) is 1. The number of rotatable bonds is 5. The SMILES string of the molecule is CCC1(CC)CCN(CC(C)(C)NC)CC1. The van der Waals surface area contributed by atoms with Crippen molar-refractivity contribution in [2.45, 2.75) is 58.9 Å². The molecule has 1 saturated heterocycles. The summed E-state index contributed by atoms with van der Waals surface area (Å²) >= 11 is 0. The van der Waals surface area contributed by atoms with Crippen molar-refractivity contribution >= 4 is 0 Å². The Kier molecular flexibility index (Phi) is 4.81. The molecule has 96 valence electrons. The lowest BCUT2D eigenvalue weighted by Gasteiger charge is -2.43. The van der Waals surface area contributed by atoms with Crippen LogP contribution >= 0.6 is 0 Å². The van der Waals surface area contributed by atoms with Crippen LogP contribution in [0.15, 0.2) is 0 Å². The summed E-state index contributed by atoms with van der Waals surface area (Å²) in [5.41, 5.74) is 0.902. The molecular weight excluding hydrogens is 196 g/mol. The van der Waals surface area contributed by atoms with Gasteiger partial charge in [0.1, 0.15) is 0 Å². The number of likely N-dealkylation sites (N-methyl/N-ethyl adjacent to an activating group) is 1. The highest BCUT2D eigenvalue weighted by Gasteiger charge is 2.32. The smallest absolute Gasteiger partial charge is 0.0249 e. The van der Waals surface area contributed by atoms with E-state index in [0.29, 0.717) is 5.41 Å². The van der Waals surface area contributed by atoms with E-state index in [2.05, 4.69) is 45.0 Å². The molecule has 0 bridgehead atoms. The molecule has 0 spiro atoms. The number of nitrogens with zero attached hydrogens (tertiary/aromatic N) is 1. The van der Waals surface area contributed by atoms with E-state index in [9.17, 15) is 0 Å². The largest absolute Gasteiger partial charge is 0.314 e. The molecule has 0 aromatic carbocycles. The molecule has 0 saturated carbocycles. The molecule has 0 aromatic heterocycles. The van der Waals surface area contributed by atoms with Crippen molar-refractivity contribution in [3.63, 3.8) is 0 Å². The zero-order valence-electron chi connectivity index (χ0n) is 11.9. The van der Waals surface area contributed by atoms with Crippen LogP contribution in [0.2, 0.25) is 0 Å². The topological polar surface area (TPSA) is 15.3 Å². The second-order valence-electron chi connectivity index (χ2n) is 6.12. The van der Waals surface area contributed by atoms with Crippen LogP contribution in [0.3, 0.4) is 0 Å². The van der Waals surface area contributed by atoms with E-state index in [0.717, 1.165) is 0 Å². The lowest BCUT2D eigenvalue weighted by Crippen LogP contribution is -2.50. The monoisotopic (exact) mass is 226 g/mol. The van der Waals surface area contributed by atoms with Crippen molar-refractivity contribution in [1.29, 1.82) is 0 Å². The van der Waals surface area contributed by atoms with E-state index in [1.165, 1.54) is 45.3 Å². The normalized spacial score (nSPS) is 22.3. The Bertz CT molecular complexity index is 197. The Labute approximate surface area is 102 Å². The van der Waals surface area contributed by atoms with Gasteiger partial charge in [0.05, 0.1) is 0 Å². The van der Waals surface area contributed by atoms with Crippen LogP contribution in [0.25, 0.3) is 0 Å². The molecule has 2 nitrogen and oxygen atoms in total. The molecule has 0 radical (unpaired) electrons. The molecule has 1 fully saturated rings. The first-order chi connectivity index (χ1) is 7.47. The summed E-state index contributed by atoms with van der Waals surface area (Å²) in [6.45, 7) is 13.0. The van der Waals surface area contributed by atoms with Crippen molar-refractivity contribution in [2.75, 3.05) is 26.7 Å². The molecule has 1 N–H and O–H groups in total. The third-order valence-electron chi connectivity index (χ3n) is 4.71. The quantitative estimate of drug-likeness (QED) is 0.775. The van der Waals surface area contributed by atoms with Gasteiger partial charge in [-0.15, -0.1) is 0 Å². The zero-order valence-corrected chi connectivity index (χ0v) is 11.9. The molecule has 0 amide bonds. The van der Waals surface area contributed by atoms with Gasteiger partial charge in [-0.25, -0.2) is 0 Å². The first-order valence-electron chi connectivity index (χ1n) is 6.88. The fraction of sp³-hybridized carbons (Fsp3) is 1.00. The first kappa shape index (κ1) is 14.0. The first-order valence-corrected chi connectivity index (χ1v) is 6.88. The maximum atomic E-state index is 3.40. The Morgan fingerprint density at radius 1 is 1.12 bits per heavy atom. The van der Waals surface area contributed by atoms with Gasteiger partial charge in [0.15, 0.2) is 0 Å². The minimum Gasteiger partial charge on any atom is -0.314 e. The molecule has 16 heavy (non-hydrogen) atoms. The predicted molar refractivity (Wildman–Crippen MR) is 71.8 cm³/mol. The predicted octanol–water partition coefficient (Wildman–Crippen LogP) is 2.89. The lowest BCUT2D eigenvalue weighted by molar-refractivity contribution is 0.0792. The van der Waals surface area contributed by atoms with Crippen LogP contribution in [-0.2, 0) is 0 Å². The Hall–Kier alpha value is -0.0800. The van der Waals surface area contributed by atoms with Gasteiger partial charge in [-0.2, -0.15) is 0 Å². The number of piperidine rings is 1. The Balaban J connectivity index is 2.43. The van der Waals surface area contributed by atoms with Crippen molar-refractivity contribution in [3.05, 3.63) is 0 Å². The number of hydrogen-bond donors (Lipinski definition) is 1. The van der Waals surface area contributed by atoms with Gasteiger partial charge in [-0.3, -0.25) is 0 Å². The highest BCUT2D eigenvalue weighted by molar-refractivity contribution is 4.87. The third-order valence-corrected chi connectivity index (χ3v) is 4.71. The third kappa shape index (κ3) is 3.46. The second-order valence-corrected chi connectivity index (χ2v) is 6.12. The molecule has 2 heteroatoms. The van der Waals surface area contributed by atoms with E-state index >= 15 is 0 Å². The summed E-state index contributed by atoms with van der Waals surface area (Å²) in [4.78, 5) is 2.63. The molecule has 1 heterocycles. The van der Waals surface area contributed by atoms with Gasteiger partial charge in [0.25, 0.3) is 0 Å². The van der Waals surface area contributed by atoms with Gasteiger partial charge in [0, 0.05) is 12.1 Å². The maximum absolute atomic E-state index is 3.40. The minimum atomic E-state index is 0.248. The van der Waals surface area contributed by atoms with E-state index in [1.54, 1.807) is 0 Å². The summed E-state index contributed by atoms with van der Waals surface area (Å²) in [7, 11) is 2.06.